The van der Waals surface area contributed by atoms with E-state index >= 15 is 0 Å². The molecule has 1 amide bonds. The number of amides is 1. The van der Waals surface area contributed by atoms with Gasteiger partial charge in [0.15, 0.2) is 6.10 Å². The molecule has 0 spiro atoms. The van der Waals surface area contributed by atoms with Gasteiger partial charge in [-0.15, -0.1) is 0 Å². The molecule has 0 bridgehead atoms. The van der Waals surface area contributed by atoms with Crippen LogP contribution in [-0.2, 0) is 9.59 Å². The van der Waals surface area contributed by atoms with Gasteiger partial charge in [0.1, 0.15) is 17.6 Å². The minimum atomic E-state index is -1.12. The monoisotopic (exact) mass is 303 g/mol. The first-order valence-corrected chi connectivity index (χ1v) is 6.23. The van der Waals surface area contributed by atoms with Crippen LogP contribution >= 0.6 is 11.6 Å². The molecule has 0 aromatic heterocycles. The topological polar surface area (TPSA) is 66.8 Å². The van der Waals surface area contributed by atoms with E-state index in [1.807, 2.05) is 0 Å². The fourth-order valence-corrected chi connectivity index (χ4v) is 1.67. The van der Waals surface area contributed by atoms with Crippen LogP contribution in [0.3, 0.4) is 0 Å². The summed E-state index contributed by atoms with van der Waals surface area (Å²) in [6.07, 6.45) is -0.940. The number of benzene rings is 1. The van der Waals surface area contributed by atoms with Crippen LogP contribution in [0.1, 0.15) is 13.8 Å². The van der Waals surface area contributed by atoms with Crippen molar-refractivity contribution in [2.24, 2.45) is 0 Å². The second-order valence-corrected chi connectivity index (χ2v) is 4.71. The fraction of sp³-hybridized carbons (Fsp3) is 0.385. The van der Waals surface area contributed by atoms with E-state index in [4.69, 9.17) is 21.4 Å². The third kappa shape index (κ3) is 3.84. The normalized spacial score (nSPS) is 13.4. The molecule has 0 heterocycles. The summed E-state index contributed by atoms with van der Waals surface area (Å²) in [5, 5.41) is 8.89. The molecule has 20 heavy (non-hydrogen) atoms. The zero-order valence-corrected chi connectivity index (χ0v) is 12.0. The molecule has 0 saturated heterocycles. The summed E-state index contributed by atoms with van der Waals surface area (Å²) >= 11 is 5.79. The number of carboxylic acids is 1. The maximum absolute atomic E-state index is 12.9. The van der Waals surface area contributed by atoms with E-state index in [1.54, 1.807) is 0 Å². The highest BCUT2D eigenvalue weighted by atomic mass is 35.5. The Balaban J connectivity index is 2.77. The van der Waals surface area contributed by atoms with E-state index in [0.717, 1.165) is 17.0 Å². The molecule has 0 radical (unpaired) electrons. The number of rotatable bonds is 5. The van der Waals surface area contributed by atoms with Gasteiger partial charge in [-0.1, -0.05) is 11.6 Å². The van der Waals surface area contributed by atoms with Crippen molar-refractivity contribution in [2.75, 3.05) is 7.05 Å². The maximum Gasteiger partial charge on any atom is 0.326 e. The summed E-state index contributed by atoms with van der Waals surface area (Å²) in [6.45, 7) is 2.85. The van der Waals surface area contributed by atoms with Crippen LogP contribution in [0.15, 0.2) is 18.2 Å². The third-order valence-electron chi connectivity index (χ3n) is 2.83. The summed E-state index contributed by atoms with van der Waals surface area (Å²) in [6, 6.07) is 2.55. The van der Waals surface area contributed by atoms with Crippen molar-refractivity contribution in [3.8, 4) is 5.75 Å². The predicted molar refractivity (Wildman–Crippen MR) is 71.4 cm³/mol. The molecule has 2 atom stereocenters. The molecule has 1 aromatic rings. The van der Waals surface area contributed by atoms with Crippen molar-refractivity contribution in [1.82, 2.24) is 4.90 Å². The van der Waals surface area contributed by atoms with E-state index in [1.165, 1.54) is 27.0 Å². The van der Waals surface area contributed by atoms with Gasteiger partial charge in [-0.3, -0.25) is 4.79 Å². The Labute approximate surface area is 120 Å². The van der Waals surface area contributed by atoms with Gasteiger partial charge in [-0.05, 0) is 32.0 Å². The lowest BCUT2D eigenvalue weighted by Crippen LogP contribution is -2.46. The van der Waals surface area contributed by atoms with E-state index < -0.39 is 29.8 Å². The summed E-state index contributed by atoms with van der Waals surface area (Å²) in [5.41, 5.74) is 0. The average molecular weight is 304 g/mol. The molecule has 1 N–H and O–H groups in total. The molecule has 0 fully saturated rings. The van der Waals surface area contributed by atoms with Crippen LogP contribution in [0.25, 0.3) is 0 Å². The number of carboxylic acid groups (broad SMARTS) is 1. The number of halogens is 2. The van der Waals surface area contributed by atoms with Gasteiger partial charge in [0, 0.05) is 7.05 Å². The minimum absolute atomic E-state index is 0.0404. The molecule has 2 unspecified atom stereocenters. The van der Waals surface area contributed by atoms with Crippen molar-refractivity contribution in [1.29, 1.82) is 0 Å². The van der Waals surface area contributed by atoms with E-state index in [0.29, 0.717) is 0 Å². The first kappa shape index (κ1) is 16.2. The summed E-state index contributed by atoms with van der Waals surface area (Å²) < 4.78 is 18.2. The van der Waals surface area contributed by atoms with Gasteiger partial charge in [-0.2, -0.15) is 0 Å². The zero-order valence-electron chi connectivity index (χ0n) is 11.3. The van der Waals surface area contributed by atoms with E-state index in [9.17, 15) is 14.0 Å². The largest absolute Gasteiger partial charge is 0.480 e. The Kier molecular flexibility index (Phi) is 5.33. The van der Waals surface area contributed by atoms with Gasteiger partial charge >= 0.3 is 5.97 Å². The number of hydrogen-bond acceptors (Lipinski definition) is 3. The molecule has 5 nitrogen and oxygen atoms in total. The number of likely N-dealkylation sites (N-methyl/N-ethyl adjacent to an activating group) is 1. The van der Waals surface area contributed by atoms with Gasteiger partial charge < -0.3 is 14.7 Å². The SMILES string of the molecule is CC(Oc1ccc(F)cc1Cl)C(=O)N(C)C(C)C(=O)O. The van der Waals surface area contributed by atoms with Crippen LogP contribution in [0.5, 0.6) is 5.75 Å². The number of carbonyl (C=O) groups excluding carboxylic acids is 1. The molecular formula is C13H15ClFNO4. The molecule has 0 saturated carbocycles. The molecule has 0 aliphatic rings. The highest BCUT2D eigenvalue weighted by Gasteiger charge is 2.27. The van der Waals surface area contributed by atoms with Crippen molar-refractivity contribution < 1.29 is 23.8 Å². The van der Waals surface area contributed by atoms with Gasteiger partial charge in [0.25, 0.3) is 5.91 Å². The number of ether oxygens (including phenoxy) is 1. The maximum atomic E-state index is 12.9. The van der Waals surface area contributed by atoms with E-state index in [2.05, 4.69) is 0 Å². The number of carbonyl (C=O) groups is 2. The summed E-state index contributed by atoms with van der Waals surface area (Å²) in [5.74, 6) is -1.99. The second-order valence-electron chi connectivity index (χ2n) is 4.30. The molecule has 7 heteroatoms. The second kappa shape index (κ2) is 6.56. The number of nitrogens with zero attached hydrogens (tertiary/aromatic N) is 1. The first-order valence-electron chi connectivity index (χ1n) is 5.85. The summed E-state index contributed by atoms with van der Waals surface area (Å²) in [7, 11) is 1.37. The van der Waals surface area contributed by atoms with Crippen LogP contribution in [0.4, 0.5) is 4.39 Å². The van der Waals surface area contributed by atoms with Crippen molar-refractivity contribution in [3.05, 3.63) is 29.0 Å². The molecule has 0 aliphatic carbocycles. The Morgan fingerprint density at radius 3 is 2.50 bits per heavy atom. The number of aliphatic carboxylic acids is 1. The molecule has 1 aromatic carbocycles. The Morgan fingerprint density at radius 1 is 1.40 bits per heavy atom. The lowest BCUT2D eigenvalue weighted by Gasteiger charge is -2.25. The lowest BCUT2D eigenvalue weighted by molar-refractivity contribution is -0.150. The van der Waals surface area contributed by atoms with Crippen molar-refractivity contribution >= 4 is 23.5 Å². The Bertz CT molecular complexity index is 523. The number of hydrogen-bond donors (Lipinski definition) is 1. The standard InChI is InChI=1S/C13H15ClFNO4/c1-7(13(18)19)16(3)12(17)8(2)20-11-5-4-9(15)6-10(11)14/h4-8H,1-3H3,(H,18,19). The molecule has 1 rings (SSSR count). The predicted octanol–water partition coefficient (Wildman–Crippen LogP) is 2.18. The lowest BCUT2D eigenvalue weighted by atomic mass is 10.2. The highest BCUT2D eigenvalue weighted by Crippen LogP contribution is 2.26. The van der Waals surface area contributed by atoms with Crippen LogP contribution in [0.2, 0.25) is 5.02 Å². The smallest absolute Gasteiger partial charge is 0.326 e. The van der Waals surface area contributed by atoms with Crippen LogP contribution in [-0.4, -0.2) is 41.1 Å². The van der Waals surface area contributed by atoms with E-state index in [-0.39, 0.29) is 10.8 Å². The van der Waals surface area contributed by atoms with Crippen LogP contribution in [0, 0.1) is 5.82 Å². The molecule has 110 valence electrons. The van der Waals surface area contributed by atoms with Gasteiger partial charge in [-0.25, -0.2) is 9.18 Å². The summed E-state index contributed by atoms with van der Waals surface area (Å²) in [4.78, 5) is 23.9. The quantitative estimate of drug-likeness (QED) is 0.905. The molecule has 0 aliphatic heterocycles. The van der Waals surface area contributed by atoms with Crippen LogP contribution < -0.4 is 4.74 Å². The zero-order chi connectivity index (χ0) is 15.4. The fourth-order valence-electron chi connectivity index (χ4n) is 1.45. The Morgan fingerprint density at radius 2 is 2.00 bits per heavy atom. The van der Waals surface area contributed by atoms with Crippen molar-refractivity contribution in [3.63, 3.8) is 0 Å². The highest BCUT2D eigenvalue weighted by molar-refractivity contribution is 6.32. The molecular weight excluding hydrogens is 289 g/mol. The minimum Gasteiger partial charge on any atom is -0.480 e. The van der Waals surface area contributed by atoms with Crippen molar-refractivity contribution in [2.45, 2.75) is 26.0 Å². The third-order valence-corrected chi connectivity index (χ3v) is 3.13. The first-order chi connectivity index (χ1) is 9.23. The Hall–Kier alpha value is -1.82. The van der Waals surface area contributed by atoms with Gasteiger partial charge in [0.2, 0.25) is 0 Å². The average Bonchev–Trinajstić information content (AvgIpc) is 2.39. The van der Waals surface area contributed by atoms with Gasteiger partial charge in [0.05, 0.1) is 5.02 Å².